The van der Waals surface area contributed by atoms with Crippen LogP contribution in [0.1, 0.15) is 33.3 Å². The number of phenolic OH excluding ortho intramolecular Hbond substituents is 2. The molecule has 2 N–H and O–H groups in total. The average Bonchev–Trinajstić information content (AvgIpc) is 2.59. The molecule has 6 heteroatoms. The van der Waals surface area contributed by atoms with Crippen molar-refractivity contribution in [2.24, 2.45) is 0 Å². The molecule has 1 aromatic carbocycles. The average molecular weight is 308 g/mol. The summed E-state index contributed by atoms with van der Waals surface area (Å²) in [6.07, 6.45) is 1.86. The summed E-state index contributed by atoms with van der Waals surface area (Å²) in [5.41, 5.74) is 0.805. The van der Waals surface area contributed by atoms with Crippen molar-refractivity contribution < 1.29 is 19.5 Å². The van der Waals surface area contributed by atoms with Crippen molar-refractivity contribution in [2.75, 3.05) is 5.75 Å². The highest BCUT2D eigenvalue weighted by Gasteiger charge is 2.52. The molecular weight excluding hydrogens is 287 g/mol. The van der Waals surface area contributed by atoms with E-state index in [0.717, 1.165) is 11.0 Å². The number of benzene rings is 1. The van der Waals surface area contributed by atoms with Crippen LogP contribution in [-0.4, -0.2) is 34.3 Å². The molecule has 0 spiro atoms. The number of rotatable bonds is 3. The minimum absolute atomic E-state index is 0.143. The van der Waals surface area contributed by atoms with Gasteiger partial charge in [0.15, 0.2) is 11.5 Å². The van der Waals surface area contributed by atoms with Gasteiger partial charge >= 0.3 is 7.12 Å². The zero-order valence-corrected chi connectivity index (χ0v) is 13.6. The second-order valence-electron chi connectivity index (χ2n) is 6.21. The Labute approximate surface area is 131 Å². The molecule has 1 fully saturated rings. The van der Waals surface area contributed by atoms with Crippen LogP contribution in [0.3, 0.4) is 0 Å². The van der Waals surface area contributed by atoms with Gasteiger partial charge in [0, 0.05) is 5.75 Å². The molecule has 1 aromatic rings. The van der Waals surface area contributed by atoms with E-state index in [1.54, 1.807) is 6.07 Å². The van der Waals surface area contributed by atoms with Gasteiger partial charge in [-0.15, -0.1) is 0 Å². The summed E-state index contributed by atoms with van der Waals surface area (Å²) >= 11 is 4.34. The Morgan fingerprint density at radius 1 is 1.14 bits per heavy atom. The van der Waals surface area contributed by atoms with Crippen LogP contribution in [0.25, 0.3) is 6.08 Å². The van der Waals surface area contributed by atoms with E-state index in [4.69, 9.17) is 9.31 Å². The van der Waals surface area contributed by atoms with Crippen LogP contribution < -0.4 is 0 Å². The first-order valence-corrected chi connectivity index (χ1v) is 7.48. The van der Waals surface area contributed by atoms with E-state index < -0.39 is 18.3 Å². The quantitative estimate of drug-likeness (QED) is 0.456. The molecule has 0 bridgehead atoms. The zero-order chi connectivity index (χ0) is 15.8. The lowest BCUT2D eigenvalue weighted by molar-refractivity contribution is 0.00578. The van der Waals surface area contributed by atoms with Crippen molar-refractivity contribution in [2.45, 2.75) is 38.9 Å². The molecule has 0 atom stereocenters. The fourth-order valence-corrected chi connectivity index (χ4v) is 2.27. The normalized spacial score (nSPS) is 20.8. The van der Waals surface area contributed by atoms with E-state index in [9.17, 15) is 10.2 Å². The standard InChI is InChI=1S/C15H21BO4S/c1-14(2)15(3,4)20-16(19-14)11(9-21)7-10-5-6-12(17)13(18)8-10/h5-8,17-18,21H,9H2,1-4H3. The number of thiol groups is 1. The maximum atomic E-state index is 9.56. The Balaban J connectivity index is 2.28. The van der Waals surface area contributed by atoms with Gasteiger partial charge in [0.05, 0.1) is 11.2 Å². The summed E-state index contributed by atoms with van der Waals surface area (Å²) in [7, 11) is -0.469. The topological polar surface area (TPSA) is 58.9 Å². The molecule has 0 radical (unpaired) electrons. The highest BCUT2D eigenvalue weighted by atomic mass is 32.1. The van der Waals surface area contributed by atoms with E-state index in [1.807, 2.05) is 33.8 Å². The largest absolute Gasteiger partial charge is 0.504 e. The number of hydrogen-bond acceptors (Lipinski definition) is 5. The SMILES string of the molecule is CC1(C)OB(C(=Cc2ccc(O)c(O)c2)CS)OC1(C)C. The Morgan fingerprint density at radius 2 is 1.71 bits per heavy atom. The van der Waals surface area contributed by atoms with Crippen molar-refractivity contribution >= 4 is 25.8 Å². The minimum Gasteiger partial charge on any atom is -0.504 e. The molecule has 1 aliphatic heterocycles. The lowest BCUT2D eigenvalue weighted by Gasteiger charge is -2.32. The van der Waals surface area contributed by atoms with Crippen molar-refractivity contribution in [3.63, 3.8) is 0 Å². The van der Waals surface area contributed by atoms with Crippen LogP contribution in [0.15, 0.2) is 23.7 Å². The molecule has 4 nitrogen and oxygen atoms in total. The van der Waals surface area contributed by atoms with E-state index in [2.05, 4.69) is 12.6 Å². The second kappa shape index (κ2) is 5.59. The lowest BCUT2D eigenvalue weighted by atomic mass is 9.78. The van der Waals surface area contributed by atoms with Crippen molar-refractivity contribution in [1.29, 1.82) is 0 Å². The van der Waals surface area contributed by atoms with E-state index in [-0.39, 0.29) is 11.5 Å². The summed E-state index contributed by atoms with van der Waals surface area (Å²) in [4.78, 5) is 0. The monoisotopic (exact) mass is 308 g/mol. The van der Waals surface area contributed by atoms with Crippen molar-refractivity contribution in [1.82, 2.24) is 0 Å². The maximum Gasteiger partial charge on any atom is 0.491 e. The van der Waals surface area contributed by atoms with Crippen LogP contribution in [0, 0.1) is 0 Å². The Kier molecular flexibility index (Phi) is 4.33. The van der Waals surface area contributed by atoms with Gasteiger partial charge < -0.3 is 19.5 Å². The number of phenols is 2. The predicted molar refractivity (Wildman–Crippen MR) is 87.7 cm³/mol. The van der Waals surface area contributed by atoms with Gasteiger partial charge in [-0.3, -0.25) is 0 Å². The van der Waals surface area contributed by atoms with Crippen LogP contribution in [0.2, 0.25) is 0 Å². The maximum absolute atomic E-state index is 9.56. The molecule has 1 aliphatic rings. The molecule has 0 saturated carbocycles. The third-order valence-electron chi connectivity index (χ3n) is 4.09. The molecule has 0 aliphatic carbocycles. The predicted octanol–water partition coefficient (Wildman–Crippen LogP) is 3.04. The minimum atomic E-state index is -0.469. The van der Waals surface area contributed by atoms with E-state index in [1.165, 1.54) is 12.1 Å². The van der Waals surface area contributed by atoms with Gasteiger partial charge in [0.1, 0.15) is 0 Å². The first-order valence-electron chi connectivity index (χ1n) is 6.85. The Bertz CT molecular complexity index is 553. The van der Waals surface area contributed by atoms with Crippen LogP contribution >= 0.6 is 12.6 Å². The molecule has 0 unspecified atom stereocenters. The van der Waals surface area contributed by atoms with Crippen LogP contribution in [-0.2, 0) is 9.31 Å². The molecule has 1 saturated heterocycles. The first kappa shape index (κ1) is 16.3. The highest BCUT2D eigenvalue weighted by molar-refractivity contribution is 7.80. The summed E-state index contributed by atoms with van der Waals surface area (Å²) < 4.78 is 12.0. The molecule has 1 heterocycles. The third-order valence-corrected chi connectivity index (χ3v) is 4.46. The Morgan fingerprint density at radius 3 is 2.19 bits per heavy atom. The van der Waals surface area contributed by atoms with Crippen molar-refractivity contribution in [3.8, 4) is 11.5 Å². The number of aromatic hydroxyl groups is 2. The van der Waals surface area contributed by atoms with Gasteiger partial charge in [0.25, 0.3) is 0 Å². The molecule has 0 aromatic heterocycles. The highest BCUT2D eigenvalue weighted by Crippen LogP contribution is 2.39. The summed E-state index contributed by atoms with van der Waals surface area (Å²) in [5, 5.41) is 18.9. The van der Waals surface area contributed by atoms with E-state index in [0.29, 0.717) is 5.75 Å². The molecule has 21 heavy (non-hydrogen) atoms. The van der Waals surface area contributed by atoms with Gasteiger partial charge in [-0.2, -0.15) is 12.6 Å². The Hall–Kier alpha value is -1.11. The van der Waals surface area contributed by atoms with Gasteiger partial charge in [-0.25, -0.2) is 0 Å². The van der Waals surface area contributed by atoms with Gasteiger partial charge in [0.2, 0.25) is 0 Å². The molecular formula is C15H21BO4S. The second-order valence-corrected chi connectivity index (χ2v) is 6.53. The van der Waals surface area contributed by atoms with Crippen LogP contribution in [0.5, 0.6) is 11.5 Å². The summed E-state index contributed by atoms with van der Waals surface area (Å²) in [5.74, 6) is 0.171. The molecule has 2 rings (SSSR count). The third kappa shape index (κ3) is 3.22. The number of hydrogen-bond donors (Lipinski definition) is 3. The molecule has 114 valence electrons. The first-order chi connectivity index (χ1) is 9.66. The molecule has 0 amide bonds. The smallest absolute Gasteiger partial charge is 0.491 e. The fourth-order valence-electron chi connectivity index (χ4n) is 2.03. The zero-order valence-electron chi connectivity index (χ0n) is 12.8. The van der Waals surface area contributed by atoms with Gasteiger partial charge in [-0.1, -0.05) is 12.1 Å². The fraction of sp³-hybridized carbons (Fsp3) is 0.467. The van der Waals surface area contributed by atoms with Gasteiger partial charge in [-0.05, 0) is 50.9 Å². The van der Waals surface area contributed by atoms with Crippen LogP contribution in [0.4, 0.5) is 0 Å². The van der Waals surface area contributed by atoms with Crippen molar-refractivity contribution in [3.05, 3.63) is 29.2 Å². The summed E-state index contributed by atoms with van der Waals surface area (Å²) in [6.45, 7) is 7.98. The van der Waals surface area contributed by atoms with E-state index >= 15 is 0 Å². The lowest BCUT2D eigenvalue weighted by Crippen LogP contribution is -2.41. The summed E-state index contributed by atoms with van der Waals surface area (Å²) in [6, 6.07) is 4.65.